The van der Waals surface area contributed by atoms with Crippen molar-refractivity contribution in [3.05, 3.63) is 11.8 Å². The van der Waals surface area contributed by atoms with Crippen molar-refractivity contribution in [3.63, 3.8) is 0 Å². The van der Waals surface area contributed by atoms with Crippen LogP contribution >= 0.6 is 22.6 Å². The Morgan fingerprint density at radius 1 is 1.70 bits per heavy atom. The monoisotopic (exact) mass is 252 g/mol. The minimum atomic E-state index is 1.03. The third-order valence-electron chi connectivity index (χ3n) is 1.51. The van der Waals surface area contributed by atoms with Gasteiger partial charge in [0.25, 0.3) is 0 Å². The van der Waals surface area contributed by atoms with Gasteiger partial charge < -0.3 is 10.6 Å². The van der Waals surface area contributed by atoms with Crippen LogP contribution in [0.25, 0.3) is 0 Å². The number of hydrogen-bond acceptors (Lipinski definition) is 2. The molecule has 58 valence electrons. The van der Waals surface area contributed by atoms with Gasteiger partial charge in [-0.25, -0.2) is 0 Å². The summed E-state index contributed by atoms with van der Waals surface area (Å²) in [6.45, 7) is 3.26. The van der Waals surface area contributed by atoms with E-state index in [-0.39, 0.29) is 0 Å². The summed E-state index contributed by atoms with van der Waals surface area (Å²) in [5.41, 5.74) is 1.41. The lowest BCUT2D eigenvalue weighted by molar-refractivity contribution is 0.657. The van der Waals surface area contributed by atoms with Gasteiger partial charge in [0.2, 0.25) is 0 Å². The van der Waals surface area contributed by atoms with Crippen molar-refractivity contribution >= 4 is 22.6 Å². The molecule has 1 aliphatic rings. The molecule has 0 bridgehead atoms. The molecule has 1 rings (SSSR count). The topological polar surface area (TPSA) is 24.1 Å². The van der Waals surface area contributed by atoms with Crippen molar-refractivity contribution in [1.82, 2.24) is 10.6 Å². The van der Waals surface area contributed by atoms with Crippen molar-refractivity contribution in [1.29, 1.82) is 0 Å². The van der Waals surface area contributed by atoms with Crippen LogP contribution in [0.5, 0.6) is 0 Å². The molecule has 0 aromatic heterocycles. The summed E-state index contributed by atoms with van der Waals surface area (Å²) in [6, 6.07) is 0. The van der Waals surface area contributed by atoms with E-state index in [4.69, 9.17) is 0 Å². The highest BCUT2D eigenvalue weighted by Crippen LogP contribution is 1.98. The average Bonchev–Trinajstić information content (AvgIpc) is 2.03. The minimum Gasteiger partial charge on any atom is -0.388 e. The molecular weight excluding hydrogens is 239 g/mol. The van der Waals surface area contributed by atoms with E-state index in [9.17, 15) is 0 Å². The van der Waals surface area contributed by atoms with Crippen molar-refractivity contribution in [2.45, 2.75) is 6.42 Å². The molecule has 2 nitrogen and oxygen atoms in total. The number of alkyl halides is 1. The van der Waals surface area contributed by atoms with E-state index in [0.717, 1.165) is 26.1 Å². The molecule has 0 radical (unpaired) electrons. The molecule has 0 aromatic carbocycles. The molecule has 10 heavy (non-hydrogen) atoms. The Morgan fingerprint density at radius 2 is 2.60 bits per heavy atom. The Hall–Kier alpha value is 0.230. The number of hydrogen-bond donors (Lipinski definition) is 2. The molecule has 0 fully saturated rings. The van der Waals surface area contributed by atoms with Gasteiger partial charge in [0, 0.05) is 29.8 Å². The fourth-order valence-corrected chi connectivity index (χ4v) is 1.26. The number of nitrogens with one attached hydrogen (secondary N) is 2. The van der Waals surface area contributed by atoms with Crippen LogP contribution in [0.4, 0.5) is 0 Å². The van der Waals surface area contributed by atoms with E-state index < -0.39 is 0 Å². The van der Waals surface area contributed by atoms with Crippen molar-refractivity contribution in [2.24, 2.45) is 0 Å². The van der Waals surface area contributed by atoms with Gasteiger partial charge in [-0.05, 0) is 6.42 Å². The predicted octanol–water partition coefficient (Wildman–Crippen LogP) is 0.888. The zero-order valence-corrected chi connectivity index (χ0v) is 8.15. The van der Waals surface area contributed by atoms with E-state index in [0.29, 0.717) is 0 Å². The first-order chi connectivity index (χ1) is 4.93. The predicted molar refractivity (Wildman–Crippen MR) is 52.5 cm³/mol. The zero-order chi connectivity index (χ0) is 7.23. The van der Waals surface area contributed by atoms with Crippen LogP contribution in [0.2, 0.25) is 0 Å². The average molecular weight is 252 g/mol. The molecule has 0 atom stereocenters. The third-order valence-corrected chi connectivity index (χ3v) is 2.05. The smallest absolute Gasteiger partial charge is 0.0233 e. The maximum absolute atomic E-state index is 3.38. The largest absolute Gasteiger partial charge is 0.388 e. The van der Waals surface area contributed by atoms with Gasteiger partial charge in [0.1, 0.15) is 0 Å². The van der Waals surface area contributed by atoms with E-state index in [1.165, 1.54) is 10.1 Å². The third kappa shape index (κ3) is 2.88. The van der Waals surface area contributed by atoms with Crippen LogP contribution in [0.1, 0.15) is 6.42 Å². The fraction of sp³-hybridized carbons (Fsp3) is 0.714. The Labute approximate surface area is 75.6 Å². The SMILES string of the molecule is ICCNC1=CCNCC1. The first-order valence-corrected chi connectivity index (χ1v) is 5.15. The second kappa shape index (κ2) is 4.96. The highest BCUT2D eigenvalue weighted by molar-refractivity contribution is 14.1. The number of halogens is 1. The Balaban J connectivity index is 2.18. The van der Waals surface area contributed by atoms with Crippen LogP contribution in [-0.4, -0.2) is 24.1 Å². The van der Waals surface area contributed by atoms with E-state index in [1.807, 2.05) is 0 Å². The Morgan fingerprint density at radius 3 is 3.20 bits per heavy atom. The summed E-state index contributed by atoms with van der Waals surface area (Å²) in [7, 11) is 0. The van der Waals surface area contributed by atoms with Gasteiger partial charge >= 0.3 is 0 Å². The van der Waals surface area contributed by atoms with E-state index in [1.54, 1.807) is 0 Å². The molecule has 1 aliphatic heterocycles. The lowest BCUT2D eigenvalue weighted by Gasteiger charge is -2.14. The summed E-state index contributed by atoms with van der Waals surface area (Å²) in [4.78, 5) is 0. The lowest BCUT2D eigenvalue weighted by atomic mass is 10.2. The molecular formula is C7H13IN2. The maximum Gasteiger partial charge on any atom is 0.0233 e. The fourth-order valence-electron chi connectivity index (χ4n) is 0.991. The molecule has 0 amide bonds. The quantitative estimate of drug-likeness (QED) is 0.575. The van der Waals surface area contributed by atoms with Crippen LogP contribution in [0, 0.1) is 0 Å². The van der Waals surface area contributed by atoms with Crippen molar-refractivity contribution < 1.29 is 0 Å². The molecule has 2 N–H and O–H groups in total. The standard InChI is InChI=1S/C7H13IN2/c8-3-6-10-7-1-4-9-5-2-7/h1,9-10H,2-6H2. The van der Waals surface area contributed by atoms with Gasteiger partial charge in [-0.2, -0.15) is 0 Å². The number of rotatable bonds is 3. The van der Waals surface area contributed by atoms with Gasteiger partial charge in [0.05, 0.1) is 0 Å². The summed E-state index contributed by atoms with van der Waals surface area (Å²) in [5.74, 6) is 0. The molecule has 0 aliphatic carbocycles. The van der Waals surface area contributed by atoms with E-state index in [2.05, 4.69) is 39.3 Å². The minimum absolute atomic E-state index is 1.03. The summed E-state index contributed by atoms with van der Waals surface area (Å²) in [6.07, 6.45) is 3.40. The van der Waals surface area contributed by atoms with Crippen LogP contribution in [0.15, 0.2) is 11.8 Å². The Bertz CT molecular complexity index is 123. The molecule has 1 heterocycles. The first-order valence-electron chi connectivity index (χ1n) is 3.63. The van der Waals surface area contributed by atoms with Crippen molar-refractivity contribution in [3.8, 4) is 0 Å². The normalized spacial score (nSPS) is 18.3. The molecule has 0 saturated carbocycles. The summed E-state index contributed by atoms with van der Waals surface area (Å²) >= 11 is 2.38. The Kier molecular flexibility index (Phi) is 4.13. The second-order valence-electron chi connectivity index (χ2n) is 2.30. The second-order valence-corrected chi connectivity index (χ2v) is 3.38. The maximum atomic E-state index is 3.38. The highest BCUT2D eigenvalue weighted by atomic mass is 127. The zero-order valence-electron chi connectivity index (χ0n) is 5.99. The van der Waals surface area contributed by atoms with Crippen LogP contribution in [0.3, 0.4) is 0 Å². The highest BCUT2D eigenvalue weighted by Gasteiger charge is 1.99. The lowest BCUT2D eigenvalue weighted by Crippen LogP contribution is -2.27. The van der Waals surface area contributed by atoms with Gasteiger partial charge in [0.15, 0.2) is 0 Å². The van der Waals surface area contributed by atoms with Crippen molar-refractivity contribution in [2.75, 3.05) is 24.1 Å². The van der Waals surface area contributed by atoms with Gasteiger partial charge in [-0.15, -0.1) is 0 Å². The first kappa shape index (κ1) is 8.33. The molecule has 0 saturated heterocycles. The molecule has 0 spiro atoms. The summed E-state index contributed by atoms with van der Waals surface area (Å²) < 4.78 is 1.18. The molecule has 0 aromatic rings. The van der Waals surface area contributed by atoms with Gasteiger partial charge in [-0.3, -0.25) is 0 Å². The van der Waals surface area contributed by atoms with Gasteiger partial charge in [-0.1, -0.05) is 28.7 Å². The molecule has 0 unspecified atom stereocenters. The van der Waals surface area contributed by atoms with Crippen LogP contribution in [-0.2, 0) is 0 Å². The van der Waals surface area contributed by atoms with E-state index >= 15 is 0 Å². The molecule has 3 heteroatoms. The summed E-state index contributed by atoms with van der Waals surface area (Å²) in [5, 5.41) is 6.66. The van der Waals surface area contributed by atoms with Crippen LogP contribution < -0.4 is 10.6 Å².